The minimum atomic E-state index is 0.247. The van der Waals surface area contributed by atoms with Gasteiger partial charge in [-0.05, 0) is 0 Å². The number of carbonyl (C=O) groups is 1. The van der Waals surface area contributed by atoms with E-state index in [1.54, 1.807) is 0 Å². The molecule has 1 heterocycles. The fourth-order valence-electron chi connectivity index (χ4n) is 0.744. The molecule has 0 saturated carbocycles. The van der Waals surface area contributed by atoms with E-state index in [4.69, 9.17) is 4.74 Å². The van der Waals surface area contributed by atoms with Crippen LogP contribution in [0.2, 0.25) is 0 Å². The van der Waals surface area contributed by atoms with Gasteiger partial charge in [0.15, 0.2) is 0 Å². The normalized spacial score (nSPS) is 9.18. The summed E-state index contributed by atoms with van der Waals surface area (Å²) in [6, 6.07) is 0. The van der Waals surface area contributed by atoms with Gasteiger partial charge >= 0.3 is 0 Å². The van der Waals surface area contributed by atoms with Gasteiger partial charge in [0.25, 0.3) is 0 Å². The Morgan fingerprint density at radius 3 is 2.91 bits per heavy atom. The van der Waals surface area contributed by atoms with Crippen LogP contribution in [0.25, 0.3) is 0 Å². The number of carbonyl (C=O) groups excluding carboxylic acids is 1. The molecular weight excluding hydrogens is 144 g/mol. The lowest BCUT2D eigenvalue weighted by atomic mass is 10.3. The van der Waals surface area contributed by atoms with Gasteiger partial charge in [0.05, 0.1) is 13.5 Å². The van der Waals surface area contributed by atoms with Crippen LogP contribution in [-0.2, 0) is 11.2 Å². The second-order valence-corrected chi connectivity index (χ2v) is 1.88. The Morgan fingerprint density at radius 1 is 1.55 bits per heavy atom. The van der Waals surface area contributed by atoms with Crippen LogP contribution < -0.4 is 4.74 Å². The third-order valence-corrected chi connectivity index (χ3v) is 1.21. The van der Waals surface area contributed by atoms with Crippen molar-refractivity contribution in [3.8, 4) is 5.88 Å². The Bertz CT molecular complexity index is 250. The van der Waals surface area contributed by atoms with Gasteiger partial charge in [-0.2, -0.15) is 0 Å². The van der Waals surface area contributed by atoms with Crippen LogP contribution in [0.3, 0.4) is 0 Å². The van der Waals surface area contributed by atoms with Gasteiger partial charge in [0.2, 0.25) is 5.88 Å². The van der Waals surface area contributed by atoms with Crippen molar-refractivity contribution in [2.75, 3.05) is 7.11 Å². The molecular formula is C7H8N2O2. The van der Waals surface area contributed by atoms with Crippen LogP contribution >= 0.6 is 0 Å². The van der Waals surface area contributed by atoms with Gasteiger partial charge < -0.3 is 9.53 Å². The number of ether oxygens (including phenoxy) is 1. The van der Waals surface area contributed by atoms with Gasteiger partial charge in [0, 0.05) is 12.4 Å². The lowest BCUT2D eigenvalue weighted by Gasteiger charge is -2.00. The summed E-state index contributed by atoms with van der Waals surface area (Å²) in [7, 11) is 1.50. The van der Waals surface area contributed by atoms with Gasteiger partial charge in [-0.3, -0.25) is 4.98 Å². The molecule has 0 aliphatic rings. The molecule has 0 aromatic carbocycles. The highest BCUT2D eigenvalue weighted by atomic mass is 16.5. The largest absolute Gasteiger partial charge is 0.480 e. The third kappa shape index (κ3) is 1.73. The van der Waals surface area contributed by atoms with E-state index in [1.165, 1.54) is 19.5 Å². The predicted octanol–water partition coefficient (Wildman–Crippen LogP) is 0.227. The van der Waals surface area contributed by atoms with Crippen molar-refractivity contribution >= 4 is 6.29 Å². The number of methoxy groups -OCH3 is 1. The molecule has 0 amide bonds. The number of hydrogen-bond donors (Lipinski definition) is 0. The lowest BCUT2D eigenvalue weighted by Crippen LogP contribution is -1.98. The average Bonchev–Trinajstić information content (AvgIpc) is 2.06. The Morgan fingerprint density at radius 2 is 2.27 bits per heavy atom. The summed E-state index contributed by atoms with van der Waals surface area (Å²) in [6.45, 7) is 0. The molecule has 0 bridgehead atoms. The zero-order valence-electron chi connectivity index (χ0n) is 6.15. The van der Waals surface area contributed by atoms with E-state index in [0.717, 1.165) is 6.29 Å². The summed E-state index contributed by atoms with van der Waals surface area (Å²) in [5.41, 5.74) is 0.574. The molecule has 0 saturated heterocycles. The fraction of sp³-hybridized carbons (Fsp3) is 0.286. The maximum Gasteiger partial charge on any atom is 0.235 e. The Kier molecular flexibility index (Phi) is 2.54. The Labute approximate surface area is 64.2 Å². The Balaban J connectivity index is 2.92. The monoisotopic (exact) mass is 152 g/mol. The van der Waals surface area contributed by atoms with E-state index in [0.29, 0.717) is 11.6 Å². The second kappa shape index (κ2) is 3.65. The van der Waals surface area contributed by atoms with Gasteiger partial charge in [0.1, 0.15) is 12.0 Å². The van der Waals surface area contributed by atoms with Crippen molar-refractivity contribution < 1.29 is 9.53 Å². The van der Waals surface area contributed by atoms with E-state index in [2.05, 4.69) is 9.97 Å². The van der Waals surface area contributed by atoms with Crippen molar-refractivity contribution in [3.63, 3.8) is 0 Å². The van der Waals surface area contributed by atoms with Crippen molar-refractivity contribution in [2.45, 2.75) is 6.42 Å². The number of rotatable bonds is 3. The molecule has 0 N–H and O–H groups in total. The standard InChI is InChI=1S/C7H8N2O2/c1-11-7-6(2-5-10)8-3-4-9-7/h3-5H,2H2,1H3. The number of aromatic nitrogens is 2. The molecule has 0 aliphatic heterocycles. The zero-order chi connectivity index (χ0) is 8.10. The first-order valence-electron chi connectivity index (χ1n) is 3.16. The molecule has 0 spiro atoms. The van der Waals surface area contributed by atoms with Crippen LogP contribution in [0.15, 0.2) is 12.4 Å². The van der Waals surface area contributed by atoms with Crippen molar-refractivity contribution in [1.82, 2.24) is 9.97 Å². The second-order valence-electron chi connectivity index (χ2n) is 1.88. The van der Waals surface area contributed by atoms with E-state index in [1.807, 2.05) is 0 Å². The summed E-state index contributed by atoms with van der Waals surface area (Å²) in [6.07, 6.45) is 4.07. The average molecular weight is 152 g/mol. The topological polar surface area (TPSA) is 52.1 Å². The van der Waals surface area contributed by atoms with E-state index >= 15 is 0 Å². The maximum atomic E-state index is 10.1. The molecule has 4 heteroatoms. The van der Waals surface area contributed by atoms with Crippen LogP contribution in [0.5, 0.6) is 5.88 Å². The molecule has 1 aromatic rings. The molecule has 0 radical (unpaired) electrons. The highest BCUT2D eigenvalue weighted by Gasteiger charge is 2.02. The lowest BCUT2D eigenvalue weighted by molar-refractivity contribution is -0.107. The summed E-state index contributed by atoms with van der Waals surface area (Å²) in [5.74, 6) is 0.416. The number of nitrogens with zero attached hydrogens (tertiary/aromatic N) is 2. The molecule has 0 unspecified atom stereocenters. The first kappa shape index (κ1) is 7.65. The van der Waals surface area contributed by atoms with Crippen LogP contribution in [0, 0.1) is 0 Å². The van der Waals surface area contributed by atoms with Gasteiger partial charge in [-0.25, -0.2) is 4.98 Å². The summed E-state index contributed by atoms with van der Waals surface area (Å²) < 4.78 is 4.87. The van der Waals surface area contributed by atoms with Gasteiger partial charge in [-0.1, -0.05) is 0 Å². The van der Waals surface area contributed by atoms with Crippen LogP contribution in [-0.4, -0.2) is 23.4 Å². The van der Waals surface area contributed by atoms with Crippen molar-refractivity contribution in [3.05, 3.63) is 18.1 Å². The van der Waals surface area contributed by atoms with E-state index < -0.39 is 0 Å². The summed E-state index contributed by atoms with van der Waals surface area (Å²) in [4.78, 5) is 17.9. The highest BCUT2D eigenvalue weighted by Crippen LogP contribution is 2.09. The first-order valence-corrected chi connectivity index (χ1v) is 3.16. The molecule has 58 valence electrons. The van der Waals surface area contributed by atoms with Crippen LogP contribution in [0.4, 0.5) is 0 Å². The van der Waals surface area contributed by atoms with E-state index in [9.17, 15) is 4.79 Å². The fourth-order valence-corrected chi connectivity index (χ4v) is 0.744. The molecule has 1 rings (SSSR count). The van der Waals surface area contributed by atoms with Crippen molar-refractivity contribution in [2.24, 2.45) is 0 Å². The molecule has 0 atom stereocenters. The smallest absolute Gasteiger partial charge is 0.235 e. The SMILES string of the molecule is COc1nccnc1CC=O. The third-order valence-electron chi connectivity index (χ3n) is 1.21. The molecule has 4 nitrogen and oxygen atoms in total. The number of hydrogen-bond acceptors (Lipinski definition) is 4. The summed E-state index contributed by atoms with van der Waals surface area (Å²) >= 11 is 0. The zero-order valence-corrected chi connectivity index (χ0v) is 6.15. The first-order chi connectivity index (χ1) is 5.38. The highest BCUT2D eigenvalue weighted by molar-refractivity contribution is 5.54. The van der Waals surface area contributed by atoms with Gasteiger partial charge in [-0.15, -0.1) is 0 Å². The predicted molar refractivity (Wildman–Crippen MR) is 38.4 cm³/mol. The molecule has 11 heavy (non-hydrogen) atoms. The van der Waals surface area contributed by atoms with Crippen molar-refractivity contribution in [1.29, 1.82) is 0 Å². The maximum absolute atomic E-state index is 10.1. The minimum Gasteiger partial charge on any atom is -0.480 e. The Hall–Kier alpha value is -1.45. The number of aldehydes is 1. The molecule has 0 fully saturated rings. The van der Waals surface area contributed by atoms with Crippen LogP contribution in [0.1, 0.15) is 5.69 Å². The summed E-state index contributed by atoms with van der Waals surface area (Å²) in [5, 5.41) is 0. The molecule has 0 aliphatic carbocycles. The molecule has 1 aromatic heterocycles. The minimum absolute atomic E-state index is 0.247. The quantitative estimate of drug-likeness (QED) is 0.581. The van der Waals surface area contributed by atoms with E-state index in [-0.39, 0.29) is 6.42 Å².